The largest absolute Gasteiger partial charge is 0.389 e. The van der Waals surface area contributed by atoms with Gasteiger partial charge in [0.05, 0.1) is 29.6 Å². The summed E-state index contributed by atoms with van der Waals surface area (Å²) in [5, 5.41) is 19.5. The molecule has 0 aliphatic heterocycles. The number of aliphatic hydroxyl groups is 1. The lowest BCUT2D eigenvalue weighted by molar-refractivity contribution is 0.0577. The Bertz CT molecular complexity index is 1340. The molecule has 0 aliphatic rings. The van der Waals surface area contributed by atoms with E-state index in [1.807, 2.05) is 32.2 Å². The van der Waals surface area contributed by atoms with Crippen molar-refractivity contribution in [2.75, 3.05) is 0 Å². The van der Waals surface area contributed by atoms with Crippen LogP contribution in [0, 0.1) is 12.8 Å². The van der Waals surface area contributed by atoms with Gasteiger partial charge in [-0.15, -0.1) is 0 Å². The molecule has 0 amide bonds. The van der Waals surface area contributed by atoms with E-state index < -0.39 is 5.60 Å². The maximum atomic E-state index is 13.5. The van der Waals surface area contributed by atoms with E-state index in [1.54, 1.807) is 47.7 Å². The first-order valence-corrected chi connectivity index (χ1v) is 11.5. The van der Waals surface area contributed by atoms with Crippen molar-refractivity contribution < 1.29 is 9.90 Å². The predicted octanol–water partition coefficient (Wildman–Crippen LogP) is 4.77. The number of carbonyl (C=O) groups is 1. The lowest BCUT2D eigenvalue weighted by Gasteiger charge is -2.16. The van der Waals surface area contributed by atoms with Gasteiger partial charge in [-0.1, -0.05) is 31.7 Å². The average Bonchev–Trinajstić information content (AvgIpc) is 3.40. The minimum atomic E-state index is -0.915. The summed E-state index contributed by atoms with van der Waals surface area (Å²) in [4.78, 5) is 17.9. The molecule has 4 rings (SSSR count). The van der Waals surface area contributed by atoms with E-state index in [4.69, 9.17) is 5.10 Å². The number of hydrogen-bond acceptors (Lipinski definition) is 5. The summed E-state index contributed by atoms with van der Waals surface area (Å²) in [6, 6.07) is 7.93. The lowest BCUT2D eigenvalue weighted by atomic mass is 9.88. The third kappa shape index (κ3) is 4.84. The van der Waals surface area contributed by atoms with Crippen molar-refractivity contribution >= 4 is 17.5 Å². The van der Waals surface area contributed by atoms with Crippen LogP contribution in [0.5, 0.6) is 0 Å². The number of carbonyl (C=O) groups excluding carboxylic acids is 1. The van der Waals surface area contributed by atoms with Crippen molar-refractivity contribution in [3.8, 4) is 11.3 Å². The second-order valence-electron chi connectivity index (χ2n) is 9.41. The van der Waals surface area contributed by atoms with Crippen LogP contribution in [0.3, 0.4) is 0 Å². The molecule has 0 spiro atoms. The van der Waals surface area contributed by atoms with Crippen LogP contribution < -0.4 is 0 Å². The van der Waals surface area contributed by atoms with Gasteiger partial charge in [0.25, 0.3) is 0 Å². The average molecular weight is 458 g/mol. The molecule has 4 aromatic rings. The van der Waals surface area contributed by atoms with Crippen LogP contribution in [-0.2, 0) is 13.0 Å². The zero-order valence-electron chi connectivity index (χ0n) is 20.2. The molecule has 1 N–H and O–H groups in total. The summed E-state index contributed by atoms with van der Waals surface area (Å²) in [5.41, 5.74) is 5.08. The van der Waals surface area contributed by atoms with E-state index in [2.05, 4.69) is 28.8 Å². The van der Waals surface area contributed by atoms with Gasteiger partial charge in [0.15, 0.2) is 11.4 Å². The van der Waals surface area contributed by atoms with Crippen molar-refractivity contribution in [3.05, 3.63) is 77.9 Å². The van der Waals surface area contributed by atoms with Crippen LogP contribution in [0.15, 0.2) is 55.6 Å². The zero-order chi connectivity index (χ0) is 24.5. The van der Waals surface area contributed by atoms with Gasteiger partial charge in [-0.3, -0.25) is 9.48 Å². The van der Waals surface area contributed by atoms with Gasteiger partial charge in [0.1, 0.15) is 0 Å². The molecule has 0 saturated heterocycles. The molecule has 0 bridgehead atoms. The molecule has 1 aromatic carbocycles. The Kier molecular flexibility index (Phi) is 6.48. The van der Waals surface area contributed by atoms with Gasteiger partial charge in [-0.2, -0.15) is 10.2 Å². The molecule has 0 fully saturated rings. The van der Waals surface area contributed by atoms with Gasteiger partial charge in [0.2, 0.25) is 0 Å². The first-order valence-electron chi connectivity index (χ1n) is 11.5. The van der Waals surface area contributed by atoms with Crippen molar-refractivity contribution in [2.45, 2.75) is 52.7 Å². The van der Waals surface area contributed by atoms with E-state index in [-0.39, 0.29) is 11.7 Å². The van der Waals surface area contributed by atoms with E-state index in [9.17, 15) is 9.90 Å². The molecule has 176 valence electrons. The first-order chi connectivity index (χ1) is 16.2. The highest BCUT2D eigenvalue weighted by molar-refractivity contribution is 6.02. The summed E-state index contributed by atoms with van der Waals surface area (Å²) in [5.74, 6) is -0.231. The molecule has 0 saturated carbocycles. The lowest BCUT2D eigenvalue weighted by Crippen LogP contribution is -2.26. The van der Waals surface area contributed by atoms with E-state index in [0.717, 1.165) is 27.9 Å². The van der Waals surface area contributed by atoms with Crippen molar-refractivity contribution in [2.24, 2.45) is 5.92 Å². The summed E-state index contributed by atoms with van der Waals surface area (Å²) in [6.45, 7) is 11.8. The number of nitrogens with zero attached hydrogens (tertiary/aromatic N) is 5. The van der Waals surface area contributed by atoms with Crippen LogP contribution in [0.1, 0.15) is 54.2 Å². The van der Waals surface area contributed by atoms with Crippen molar-refractivity contribution in [1.82, 2.24) is 24.4 Å². The monoisotopic (exact) mass is 457 g/mol. The second kappa shape index (κ2) is 9.35. The second-order valence-corrected chi connectivity index (χ2v) is 9.41. The molecular formula is C27H31N5O2. The molecule has 0 radical (unpaired) electrons. The summed E-state index contributed by atoms with van der Waals surface area (Å²) in [6.07, 6.45) is 10.0. The van der Waals surface area contributed by atoms with Gasteiger partial charge < -0.3 is 5.11 Å². The molecule has 1 atom stereocenters. The summed E-state index contributed by atoms with van der Waals surface area (Å²) >= 11 is 0. The molecule has 3 aromatic heterocycles. The SMILES string of the molecule is C=Cc1ccc(C)c(-c2nn(CC(C)(C)O)cc2CC(CC)C(=O)c2cnn3cccnc23)c1. The molecule has 34 heavy (non-hydrogen) atoms. The smallest absolute Gasteiger partial charge is 0.171 e. The highest BCUT2D eigenvalue weighted by Crippen LogP contribution is 2.31. The van der Waals surface area contributed by atoms with Crippen LogP contribution in [0.4, 0.5) is 0 Å². The van der Waals surface area contributed by atoms with Crippen molar-refractivity contribution in [3.63, 3.8) is 0 Å². The summed E-state index contributed by atoms with van der Waals surface area (Å²) in [7, 11) is 0. The predicted molar refractivity (Wildman–Crippen MR) is 134 cm³/mol. The van der Waals surface area contributed by atoms with Gasteiger partial charge in [0, 0.05) is 30.1 Å². The number of aryl methyl sites for hydroxylation is 1. The number of rotatable bonds is 9. The third-order valence-electron chi connectivity index (χ3n) is 6.01. The number of aromatic nitrogens is 5. The minimum absolute atomic E-state index is 0.0222. The number of benzene rings is 1. The Labute approximate surface area is 199 Å². The molecule has 1 unspecified atom stereocenters. The maximum absolute atomic E-state index is 13.5. The highest BCUT2D eigenvalue weighted by atomic mass is 16.3. The fourth-order valence-electron chi connectivity index (χ4n) is 4.25. The number of ketones is 1. The zero-order valence-corrected chi connectivity index (χ0v) is 20.2. The van der Waals surface area contributed by atoms with E-state index >= 15 is 0 Å². The number of hydrogen-bond donors (Lipinski definition) is 1. The number of Topliss-reactive ketones (excluding diaryl/α,β-unsaturated/α-hetero) is 1. The maximum Gasteiger partial charge on any atom is 0.171 e. The Balaban J connectivity index is 1.74. The van der Waals surface area contributed by atoms with Gasteiger partial charge in [-0.05, 0) is 62.4 Å². The molecule has 7 heteroatoms. The topological polar surface area (TPSA) is 85.3 Å². The standard InChI is InChI=1S/C27H31N5O2/c1-6-19-10-9-18(3)22(13-19)24-21(16-31(30-24)17-27(4,5)34)14-20(7-2)25(33)23-15-29-32-12-8-11-28-26(23)32/h6,8-13,15-16,20,34H,1,7,14,17H2,2-5H3. The Morgan fingerprint density at radius 2 is 2.12 bits per heavy atom. The number of fused-ring (bicyclic) bond motifs is 1. The van der Waals surface area contributed by atoms with E-state index in [1.165, 1.54) is 0 Å². The quantitative estimate of drug-likeness (QED) is 0.366. The Hall–Kier alpha value is -3.58. The van der Waals surface area contributed by atoms with Crippen LogP contribution >= 0.6 is 0 Å². The fourth-order valence-corrected chi connectivity index (χ4v) is 4.25. The third-order valence-corrected chi connectivity index (χ3v) is 6.01. The normalized spacial score (nSPS) is 12.7. The molecule has 7 nitrogen and oxygen atoms in total. The van der Waals surface area contributed by atoms with Crippen LogP contribution in [-0.4, -0.2) is 40.9 Å². The van der Waals surface area contributed by atoms with Crippen molar-refractivity contribution in [1.29, 1.82) is 0 Å². The highest BCUT2D eigenvalue weighted by Gasteiger charge is 2.26. The Morgan fingerprint density at radius 1 is 1.32 bits per heavy atom. The van der Waals surface area contributed by atoms with Crippen LogP contribution in [0.25, 0.3) is 23.0 Å². The summed E-state index contributed by atoms with van der Waals surface area (Å²) < 4.78 is 3.40. The minimum Gasteiger partial charge on any atom is -0.389 e. The van der Waals surface area contributed by atoms with E-state index in [0.29, 0.717) is 30.6 Å². The van der Waals surface area contributed by atoms with Crippen LogP contribution in [0.2, 0.25) is 0 Å². The molecule has 0 aliphatic carbocycles. The van der Waals surface area contributed by atoms with Gasteiger partial charge in [-0.25, -0.2) is 9.50 Å². The molecule has 3 heterocycles. The van der Waals surface area contributed by atoms with Gasteiger partial charge >= 0.3 is 0 Å². The molecular weight excluding hydrogens is 426 g/mol. The first kappa shape index (κ1) is 23.6. The Morgan fingerprint density at radius 3 is 2.82 bits per heavy atom. The fraction of sp³-hybridized carbons (Fsp3) is 0.333.